The van der Waals surface area contributed by atoms with E-state index in [4.69, 9.17) is 4.74 Å². The minimum atomic E-state index is -4.12. The minimum absolute atomic E-state index is 0.0186. The second-order valence-corrected chi connectivity index (χ2v) is 8.89. The summed E-state index contributed by atoms with van der Waals surface area (Å²) in [5.74, 6) is 2.12. The van der Waals surface area contributed by atoms with Crippen LogP contribution in [0.2, 0.25) is 0 Å². The number of alkyl halides is 3. The van der Waals surface area contributed by atoms with Crippen molar-refractivity contribution in [3.8, 4) is 16.9 Å². The Labute approximate surface area is 185 Å². The zero-order valence-electron chi connectivity index (χ0n) is 18.6. The van der Waals surface area contributed by atoms with Gasteiger partial charge in [0, 0.05) is 6.42 Å². The molecule has 31 heavy (non-hydrogen) atoms. The van der Waals surface area contributed by atoms with Gasteiger partial charge >= 0.3 is 6.18 Å². The molecule has 1 aliphatic rings. The molecular weight excluding hydrogens is 397 g/mol. The number of unbranched alkanes of at least 4 members (excludes halogenated alkanes) is 2. The van der Waals surface area contributed by atoms with Gasteiger partial charge in [-0.1, -0.05) is 69.0 Å². The molecule has 0 heterocycles. The smallest absolute Gasteiger partial charge is 0.389 e. The highest BCUT2D eigenvalue weighted by Gasteiger charge is 2.26. The van der Waals surface area contributed by atoms with Crippen molar-refractivity contribution in [3.05, 3.63) is 54.1 Å². The van der Waals surface area contributed by atoms with Crippen LogP contribution < -0.4 is 4.74 Å². The van der Waals surface area contributed by atoms with Gasteiger partial charge in [-0.15, -0.1) is 0 Å². The molecular formula is C27H35F3O. The van der Waals surface area contributed by atoms with Gasteiger partial charge < -0.3 is 4.74 Å². The lowest BCUT2D eigenvalue weighted by molar-refractivity contribution is -0.136. The highest BCUT2D eigenvalue weighted by Crippen LogP contribution is 2.41. The summed E-state index contributed by atoms with van der Waals surface area (Å²) < 4.78 is 42.2. The molecule has 0 aromatic heterocycles. The Kier molecular flexibility index (Phi) is 8.86. The minimum Gasteiger partial charge on any atom is -0.494 e. The van der Waals surface area contributed by atoms with Gasteiger partial charge in [0.05, 0.1) is 6.61 Å². The van der Waals surface area contributed by atoms with Gasteiger partial charge in [0.1, 0.15) is 5.75 Å². The molecule has 1 aliphatic carbocycles. The van der Waals surface area contributed by atoms with Crippen LogP contribution in [-0.4, -0.2) is 12.8 Å². The van der Waals surface area contributed by atoms with E-state index in [-0.39, 0.29) is 13.0 Å². The van der Waals surface area contributed by atoms with Crippen molar-refractivity contribution in [2.24, 2.45) is 5.92 Å². The van der Waals surface area contributed by atoms with Gasteiger partial charge in [-0.25, -0.2) is 0 Å². The fourth-order valence-electron chi connectivity index (χ4n) is 4.75. The SMILES string of the molecule is CCCCCC1CCC(c2ccccc2-c2ccc(OCCCC(F)(F)F)cc2)CC1. The largest absolute Gasteiger partial charge is 0.494 e. The molecule has 0 saturated heterocycles. The van der Waals surface area contributed by atoms with Crippen LogP contribution in [0.1, 0.15) is 82.6 Å². The number of halogens is 3. The highest BCUT2D eigenvalue weighted by atomic mass is 19.4. The third-order valence-electron chi connectivity index (χ3n) is 6.50. The number of ether oxygens (including phenoxy) is 1. The molecule has 2 aromatic carbocycles. The van der Waals surface area contributed by atoms with Crippen molar-refractivity contribution in [1.82, 2.24) is 0 Å². The molecule has 0 unspecified atom stereocenters. The summed E-state index contributed by atoms with van der Waals surface area (Å²) in [5, 5.41) is 0. The molecule has 1 fully saturated rings. The van der Waals surface area contributed by atoms with E-state index in [9.17, 15) is 13.2 Å². The van der Waals surface area contributed by atoms with Gasteiger partial charge in [0.15, 0.2) is 0 Å². The average Bonchev–Trinajstić information content (AvgIpc) is 2.77. The second kappa shape index (κ2) is 11.6. The zero-order chi connectivity index (χ0) is 22.1. The summed E-state index contributed by atoms with van der Waals surface area (Å²) in [6.07, 6.45) is 5.62. The molecule has 0 atom stereocenters. The predicted molar refractivity (Wildman–Crippen MR) is 122 cm³/mol. The van der Waals surface area contributed by atoms with Crippen LogP contribution in [0.25, 0.3) is 11.1 Å². The van der Waals surface area contributed by atoms with Crippen LogP contribution in [0.15, 0.2) is 48.5 Å². The van der Waals surface area contributed by atoms with Crippen molar-refractivity contribution >= 4 is 0 Å². The molecule has 0 N–H and O–H groups in total. The van der Waals surface area contributed by atoms with E-state index in [2.05, 4.69) is 31.2 Å². The number of rotatable bonds is 10. The quantitative estimate of drug-likeness (QED) is 0.341. The van der Waals surface area contributed by atoms with Crippen LogP contribution in [0.5, 0.6) is 5.75 Å². The van der Waals surface area contributed by atoms with Crippen LogP contribution in [0.3, 0.4) is 0 Å². The summed E-state index contributed by atoms with van der Waals surface area (Å²) in [4.78, 5) is 0. The van der Waals surface area contributed by atoms with E-state index in [1.54, 1.807) is 0 Å². The first-order valence-corrected chi connectivity index (χ1v) is 11.8. The monoisotopic (exact) mass is 432 g/mol. The molecule has 1 nitrogen and oxygen atoms in total. The van der Waals surface area contributed by atoms with Crippen molar-refractivity contribution in [2.45, 2.75) is 83.2 Å². The molecule has 0 aliphatic heterocycles. The van der Waals surface area contributed by atoms with Crippen molar-refractivity contribution < 1.29 is 17.9 Å². The first-order chi connectivity index (χ1) is 15.0. The lowest BCUT2D eigenvalue weighted by atomic mass is 9.75. The Hall–Kier alpha value is -1.97. The van der Waals surface area contributed by atoms with Gasteiger partial charge in [-0.2, -0.15) is 13.2 Å². The molecule has 0 amide bonds. The Morgan fingerprint density at radius 1 is 0.871 bits per heavy atom. The van der Waals surface area contributed by atoms with E-state index in [1.807, 2.05) is 24.3 Å². The topological polar surface area (TPSA) is 9.23 Å². The Morgan fingerprint density at radius 2 is 1.58 bits per heavy atom. The second-order valence-electron chi connectivity index (χ2n) is 8.89. The molecule has 1 saturated carbocycles. The fourth-order valence-corrected chi connectivity index (χ4v) is 4.75. The maximum atomic E-state index is 12.2. The van der Waals surface area contributed by atoms with Gasteiger partial charge in [0.25, 0.3) is 0 Å². The predicted octanol–water partition coefficient (Wildman–Crippen LogP) is 8.93. The van der Waals surface area contributed by atoms with E-state index in [1.165, 1.54) is 62.5 Å². The first kappa shape index (κ1) is 23.7. The van der Waals surface area contributed by atoms with E-state index >= 15 is 0 Å². The summed E-state index contributed by atoms with van der Waals surface area (Å²) in [7, 11) is 0. The summed E-state index contributed by atoms with van der Waals surface area (Å²) in [6.45, 7) is 2.34. The third-order valence-corrected chi connectivity index (χ3v) is 6.50. The van der Waals surface area contributed by atoms with Gasteiger partial charge in [0.2, 0.25) is 0 Å². The first-order valence-electron chi connectivity index (χ1n) is 11.8. The number of benzene rings is 2. The molecule has 0 spiro atoms. The van der Waals surface area contributed by atoms with E-state index in [0.29, 0.717) is 11.7 Å². The molecule has 0 radical (unpaired) electrons. The Morgan fingerprint density at radius 3 is 2.26 bits per heavy atom. The van der Waals surface area contributed by atoms with E-state index < -0.39 is 12.6 Å². The zero-order valence-corrected chi connectivity index (χ0v) is 18.6. The normalized spacial score (nSPS) is 19.4. The lowest BCUT2D eigenvalue weighted by Gasteiger charge is -2.30. The average molecular weight is 433 g/mol. The van der Waals surface area contributed by atoms with Crippen LogP contribution >= 0.6 is 0 Å². The van der Waals surface area contributed by atoms with Crippen LogP contribution in [-0.2, 0) is 0 Å². The molecule has 0 bridgehead atoms. The summed E-state index contributed by atoms with van der Waals surface area (Å²) in [5.41, 5.74) is 3.83. The third kappa shape index (κ3) is 7.59. The molecule has 170 valence electrons. The van der Waals surface area contributed by atoms with Crippen molar-refractivity contribution in [2.75, 3.05) is 6.61 Å². The highest BCUT2D eigenvalue weighted by molar-refractivity contribution is 5.68. The maximum absolute atomic E-state index is 12.2. The molecule has 3 rings (SSSR count). The standard InChI is InChI=1S/C27H35F3O/c1-2-3-4-8-21-11-13-22(14-12-21)25-9-5-6-10-26(25)23-15-17-24(18-16-23)31-20-7-19-27(28,29)30/h5-6,9-10,15-18,21-22H,2-4,7-8,11-14,19-20H2,1H3. The van der Waals surface area contributed by atoms with Gasteiger partial charge in [-0.05, 0) is 72.8 Å². The van der Waals surface area contributed by atoms with Crippen molar-refractivity contribution in [1.29, 1.82) is 0 Å². The van der Waals surface area contributed by atoms with Crippen LogP contribution in [0, 0.1) is 5.92 Å². The summed E-state index contributed by atoms with van der Waals surface area (Å²) >= 11 is 0. The van der Waals surface area contributed by atoms with Gasteiger partial charge in [-0.3, -0.25) is 0 Å². The lowest BCUT2D eigenvalue weighted by Crippen LogP contribution is -2.14. The van der Waals surface area contributed by atoms with E-state index in [0.717, 1.165) is 11.5 Å². The summed E-state index contributed by atoms with van der Waals surface area (Å²) in [6, 6.07) is 16.4. The molecule has 4 heteroatoms. The molecule has 2 aromatic rings. The van der Waals surface area contributed by atoms with Crippen LogP contribution in [0.4, 0.5) is 13.2 Å². The number of hydrogen-bond donors (Lipinski definition) is 0. The number of hydrogen-bond acceptors (Lipinski definition) is 1. The Balaban J connectivity index is 1.58. The Bertz CT molecular complexity index is 774. The fraction of sp³-hybridized carbons (Fsp3) is 0.556. The van der Waals surface area contributed by atoms with Crippen molar-refractivity contribution in [3.63, 3.8) is 0 Å². The maximum Gasteiger partial charge on any atom is 0.389 e.